The second kappa shape index (κ2) is 10.9. The van der Waals surface area contributed by atoms with Crippen LogP contribution in [0.4, 0.5) is 0 Å². The van der Waals surface area contributed by atoms with Gasteiger partial charge in [0.25, 0.3) is 0 Å². The minimum atomic E-state index is -3.45. The van der Waals surface area contributed by atoms with E-state index in [1.807, 2.05) is 12.1 Å². The van der Waals surface area contributed by atoms with Crippen LogP contribution in [-0.2, 0) is 22.8 Å². The number of nitrogens with zero attached hydrogens (tertiary/aromatic N) is 1. The molecule has 2 fully saturated rings. The first-order chi connectivity index (χ1) is 15.6. The molecule has 1 atom stereocenters. The number of sulfone groups is 1. The number of benzene rings is 2. The molecular weight excluding hydrogens is 452 g/mol. The first kappa shape index (κ1) is 24.7. The Morgan fingerprint density at radius 2 is 1.52 bits per heavy atom. The number of halogens is 1. The van der Waals surface area contributed by atoms with Crippen LogP contribution in [-0.4, -0.2) is 38.3 Å². The molecule has 1 aliphatic carbocycles. The van der Waals surface area contributed by atoms with Gasteiger partial charge < -0.3 is 5.32 Å². The van der Waals surface area contributed by atoms with Crippen LogP contribution in [0.2, 0.25) is 0 Å². The van der Waals surface area contributed by atoms with E-state index in [2.05, 4.69) is 46.6 Å². The number of hydrogen-bond donors (Lipinski definition) is 1. The third-order valence-electron chi connectivity index (χ3n) is 7.91. The van der Waals surface area contributed by atoms with Gasteiger partial charge in [-0.2, -0.15) is 0 Å². The highest BCUT2D eigenvalue weighted by atomic mass is 35.5. The molecule has 0 bridgehead atoms. The Hall–Kier alpha value is -1.40. The lowest BCUT2D eigenvalue weighted by Gasteiger charge is -2.40. The van der Waals surface area contributed by atoms with Gasteiger partial charge in [0.2, 0.25) is 0 Å². The molecule has 33 heavy (non-hydrogen) atoms. The van der Waals surface area contributed by atoms with Crippen molar-refractivity contribution >= 4 is 22.2 Å². The van der Waals surface area contributed by atoms with Crippen LogP contribution >= 0.6 is 12.4 Å². The predicted molar refractivity (Wildman–Crippen MR) is 137 cm³/mol. The van der Waals surface area contributed by atoms with Gasteiger partial charge >= 0.3 is 0 Å². The molecular formula is C27H37ClN2O2S. The molecule has 1 N–H and O–H groups in total. The Morgan fingerprint density at radius 3 is 2.21 bits per heavy atom. The zero-order valence-corrected chi connectivity index (χ0v) is 21.0. The minimum Gasteiger partial charge on any atom is -0.317 e. The molecule has 3 aliphatic rings. The van der Waals surface area contributed by atoms with Crippen LogP contribution in [0.3, 0.4) is 0 Å². The van der Waals surface area contributed by atoms with Gasteiger partial charge in [0.15, 0.2) is 9.84 Å². The van der Waals surface area contributed by atoms with Crippen molar-refractivity contribution in [2.75, 3.05) is 19.6 Å². The molecule has 2 aromatic rings. The third kappa shape index (κ3) is 5.32. The fourth-order valence-electron chi connectivity index (χ4n) is 6.12. The number of nitrogens with one attached hydrogen (secondary N) is 1. The molecule has 2 aromatic carbocycles. The molecule has 2 heterocycles. The van der Waals surface area contributed by atoms with E-state index in [-0.39, 0.29) is 18.3 Å². The van der Waals surface area contributed by atoms with Crippen LogP contribution in [0, 0.1) is 5.92 Å². The van der Waals surface area contributed by atoms with Gasteiger partial charge in [0.1, 0.15) is 5.37 Å². The SMILES string of the molecule is Cl.O=S(=O)(c1ccc(C2CCCCC2)cc1)C(C1CCNCC1)N1CCc2ccccc2C1. The van der Waals surface area contributed by atoms with E-state index in [0.29, 0.717) is 10.8 Å². The molecule has 5 rings (SSSR count). The number of hydrogen-bond acceptors (Lipinski definition) is 4. The van der Waals surface area contributed by atoms with Crippen LogP contribution in [0.15, 0.2) is 53.4 Å². The van der Waals surface area contributed by atoms with Gasteiger partial charge in [0.05, 0.1) is 4.90 Å². The Morgan fingerprint density at radius 1 is 0.848 bits per heavy atom. The van der Waals surface area contributed by atoms with Gasteiger partial charge in [-0.05, 0) is 85.9 Å². The summed E-state index contributed by atoms with van der Waals surface area (Å²) < 4.78 is 28.1. The monoisotopic (exact) mass is 488 g/mol. The Bertz CT molecular complexity index is 1010. The van der Waals surface area contributed by atoms with Crippen molar-refractivity contribution < 1.29 is 8.42 Å². The van der Waals surface area contributed by atoms with Crippen molar-refractivity contribution in [1.82, 2.24) is 10.2 Å². The Kier molecular flexibility index (Phi) is 8.16. The van der Waals surface area contributed by atoms with Crippen LogP contribution in [0.25, 0.3) is 0 Å². The van der Waals surface area contributed by atoms with E-state index in [1.54, 1.807) is 0 Å². The fourth-order valence-corrected chi connectivity index (χ4v) is 8.26. The van der Waals surface area contributed by atoms with Gasteiger partial charge in [-0.25, -0.2) is 8.42 Å². The summed E-state index contributed by atoms with van der Waals surface area (Å²) in [6.07, 6.45) is 9.14. The van der Waals surface area contributed by atoms with Crippen LogP contribution in [0.5, 0.6) is 0 Å². The van der Waals surface area contributed by atoms with Crippen molar-refractivity contribution in [2.45, 2.75) is 74.1 Å². The van der Waals surface area contributed by atoms with Crippen molar-refractivity contribution in [3.05, 3.63) is 65.2 Å². The summed E-state index contributed by atoms with van der Waals surface area (Å²) in [4.78, 5) is 2.75. The van der Waals surface area contributed by atoms with E-state index in [4.69, 9.17) is 0 Å². The maximum atomic E-state index is 14.1. The first-order valence-corrected chi connectivity index (χ1v) is 14.0. The normalized spacial score (nSPS) is 21.7. The summed E-state index contributed by atoms with van der Waals surface area (Å²) in [7, 11) is -3.45. The lowest BCUT2D eigenvalue weighted by Crippen LogP contribution is -2.50. The average Bonchev–Trinajstić information content (AvgIpc) is 2.85. The molecule has 180 valence electrons. The zero-order chi connectivity index (χ0) is 22.0. The van der Waals surface area contributed by atoms with Crippen LogP contribution in [0.1, 0.15) is 67.6 Å². The molecule has 0 radical (unpaired) electrons. The molecule has 1 unspecified atom stereocenters. The Balaban J connectivity index is 0.00000259. The molecule has 0 amide bonds. The molecule has 0 aromatic heterocycles. The lowest BCUT2D eigenvalue weighted by atomic mass is 9.84. The van der Waals surface area contributed by atoms with E-state index in [0.717, 1.165) is 45.4 Å². The van der Waals surface area contributed by atoms with E-state index < -0.39 is 15.2 Å². The maximum Gasteiger partial charge on any atom is 0.194 e. The van der Waals surface area contributed by atoms with Crippen molar-refractivity contribution in [1.29, 1.82) is 0 Å². The predicted octanol–water partition coefficient (Wildman–Crippen LogP) is 5.31. The van der Waals surface area contributed by atoms with Crippen LogP contribution < -0.4 is 5.32 Å². The standard InChI is InChI=1S/C27H36N2O2S.ClH/c30-32(31,26-12-10-23(11-13-26)21-6-2-1-3-7-21)27(24-14-17-28-18-15-24)29-19-16-22-8-4-5-9-25(22)20-29;/h4-5,8-13,21,24,27-28H,1-3,6-7,14-20H2;1H. The second-order valence-corrected chi connectivity index (χ2v) is 12.0. The number of rotatable bonds is 5. The third-order valence-corrected chi connectivity index (χ3v) is 10.2. The summed E-state index contributed by atoms with van der Waals surface area (Å²) >= 11 is 0. The smallest absolute Gasteiger partial charge is 0.194 e. The van der Waals surface area contributed by atoms with Gasteiger partial charge in [-0.15, -0.1) is 12.4 Å². The van der Waals surface area contributed by atoms with Gasteiger partial charge in [0, 0.05) is 13.1 Å². The topological polar surface area (TPSA) is 49.4 Å². The zero-order valence-electron chi connectivity index (χ0n) is 19.4. The highest BCUT2D eigenvalue weighted by molar-refractivity contribution is 7.92. The largest absolute Gasteiger partial charge is 0.317 e. The number of fused-ring (bicyclic) bond motifs is 1. The van der Waals surface area contributed by atoms with Crippen molar-refractivity contribution in [3.63, 3.8) is 0 Å². The number of piperidine rings is 1. The summed E-state index contributed by atoms with van der Waals surface area (Å²) in [5.41, 5.74) is 3.96. The summed E-state index contributed by atoms with van der Waals surface area (Å²) in [6.45, 7) is 3.35. The van der Waals surface area contributed by atoms with Gasteiger partial charge in [-0.3, -0.25) is 4.90 Å². The molecule has 1 saturated heterocycles. The first-order valence-electron chi connectivity index (χ1n) is 12.5. The van der Waals surface area contributed by atoms with E-state index >= 15 is 0 Å². The average molecular weight is 489 g/mol. The molecule has 6 heteroatoms. The molecule has 4 nitrogen and oxygen atoms in total. The summed E-state index contributed by atoms with van der Waals surface area (Å²) in [6, 6.07) is 16.5. The fraction of sp³-hybridized carbons (Fsp3) is 0.556. The Labute approximate surface area is 205 Å². The second-order valence-electron chi connectivity index (χ2n) is 9.92. The van der Waals surface area contributed by atoms with Crippen molar-refractivity contribution in [3.8, 4) is 0 Å². The highest BCUT2D eigenvalue weighted by Gasteiger charge is 2.40. The van der Waals surface area contributed by atoms with E-state index in [1.165, 1.54) is 48.8 Å². The summed E-state index contributed by atoms with van der Waals surface area (Å²) in [5.74, 6) is 0.767. The quantitative estimate of drug-likeness (QED) is 0.619. The van der Waals surface area contributed by atoms with Crippen molar-refractivity contribution in [2.24, 2.45) is 5.92 Å². The molecule has 2 aliphatic heterocycles. The summed E-state index contributed by atoms with van der Waals surface area (Å²) in [5, 5.41) is 2.96. The maximum absolute atomic E-state index is 14.1. The lowest BCUT2D eigenvalue weighted by molar-refractivity contribution is 0.159. The van der Waals surface area contributed by atoms with Gasteiger partial charge in [-0.1, -0.05) is 55.7 Å². The highest BCUT2D eigenvalue weighted by Crippen LogP contribution is 2.36. The van der Waals surface area contributed by atoms with E-state index in [9.17, 15) is 8.42 Å². The molecule has 1 saturated carbocycles. The molecule has 0 spiro atoms. The minimum absolute atomic E-state index is 0.